The summed E-state index contributed by atoms with van der Waals surface area (Å²) < 4.78 is 5.19. The topological polar surface area (TPSA) is 20.6 Å². The molecule has 4 aromatic carbocycles. The molecule has 1 atom stereocenters. The molecule has 0 bridgehead atoms. The molecule has 0 spiro atoms. The van der Waals surface area contributed by atoms with Gasteiger partial charge in [-0.3, -0.25) is 0 Å². The van der Waals surface area contributed by atoms with Crippen molar-refractivity contribution in [1.82, 2.24) is 4.98 Å². The van der Waals surface area contributed by atoms with Gasteiger partial charge in [-0.15, -0.1) is 0 Å². The normalized spacial score (nSPS) is 16.9. The minimum absolute atomic E-state index is 0.107. The van der Waals surface area contributed by atoms with Gasteiger partial charge in [-0.2, -0.15) is 4.57 Å². The van der Waals surface area contributed by atoms with Crippen molar-refractivity contribution >= 4 is 10.9 Å². The second kappa shape index (κ2) is 14.3. The fourth-order valence-corrected chi connectivity index (χ4v) is 8.53. The standard InChI is InChI=1S/C47H51N3/c1-3-5-29-47(4-2)32-39-20-11-13-21-41(39)46-31-43(37-17-7-6-8-18-37)48-34-49(46)33-40-26-25-36(16-10-9-15-35-23-24-35)30-42(40)45-28-27-38-19-12-14-22-44(38)50(45)47/h6-8,11-14,17-22,25-28,30-31,34-35H,3-5,9-10,15-16,23-24,29,32-33H2,1-2H3/q+2/t47-/m1/s1. The van der Waals surface area contributed by atoms with Crippen LogP contribution < -0.4 is 9.13 Å². The molecule has 8 rings (SSSR count). The van der Waals surface area contributed by atoms with Crippen LogP contribution in [0.15, 0.2) is 122 Å². The lowest BCUT2D eigenvalue weighted by Crippen LogP contribution is -2.59. The molecular formula is C47H51N3+2. The number of para-hydroxylation sites is 1. The third-order valence-corrected chi connectivity index (χ3v) is 11.6. The average Bonchev–Trinajstić information content (AvgIpc) is 4.00. The molecule has 0 saturated heterocycles. The van der Waals surface area contributed by atoms with E-state index in [2.05, 4.69) is 145 Å². The molecule has 0 amide bonds. The van der Waals surface area contributed by atoms with Crippen molar-refractivity contribution in [2.45, 2.75) is 96.6 Å². The van der Waals surface area contributed by atoms with E-state index in [0.717, 1.165) is 49.4 Å². The Balaban J connectivity index is 1.38. The minimum atomic E-state index is -0.107. The Labute approximate surface area is 298 Å². The van der Waals surface area contributed by atoms with E-state index in [1.165, 1.54) is 95.1 Å². The van der Waals surface area contributed by atoms with Gasteiger partial charge in [0.1, 0.15) is 12.2 Å². The molecule has 1 fully saturated rings. The van der Waals surface area contributed by atoms with Crippen molar-refractivity contribution in [3.8, 4) is 33.8 Å². The molecule has 3 heterocycles. The quantitative estimate of drug-likeness (QED) is 0.106. The Morgan fingerprint density at radius 3 is 2.38 bits per heavy atom. The summed E-state index contributed by atoms with van der Waals surface area (Å²) in [4.78, 5) is 5.07. The Kier molecular flexibility index (Phi) is 9.32. The molecule has 1 saturated carbocycles. The highest BCUT2D eigenvalue weighted by molar-refractivity contribution is 5.78. The lowest BCUT2D eigenvalue weighted by Gasteiger charge is -2.31. The molecule has 252 valence electrons. The zero-order chi connectivity index (χ0) is 33.9. The van der Waals surface area contributed by atoms with E-state index in [9.17, 15) is 0 Å². The molecular weight excluding hydrogens is 607 g/mol. The number of unbranched alkanes of at least 4 members (excludes halogenated alkanes) is 2. The van der Waals surface area contributed by atoms with E-state index >= 15 is 0 Å². The Bertz CT molecular complexity index is 2110. The summed E-state index contributed by atoms with van der Waals surface area (Å²) in [5.41, 5.74) is 12.8. The maximum atomic E-state index is 5.07. The van der Waals surface area contributed by atoms with Gasteiger partial charge in [0, 0.05) is 59.5 Å². The Morgan fingerprint density at radius 2 is 1.54 bits per heavy atom. The summed E-state index contributed by atoms with van der Waals surface area (Å²) in [7, 11) is 0. The lowest BCUT2D eigenvalue weighted by atomic mass is 9.80. The van der Waals surface area contributed by atoms with Gasteiger partial charge in [0.15, 0.2) is 11.2 Å². The fourth-order valence-electron chi connectivity index (χ4n) is 8.53. The molecule has 1 aliphatic heterocycles. The number of hydrogen-bond donors (Lipinski definition) is 0. The molecule has 0 N–H and O–H groups in total. The maximum absolute atomic E-state index is 5.07. The molecule has 3 heteroatoms. The van der Waals surface area contributed by atoms with Gasteiger partial charge in [-0.25, -0.2) is 4.57 Å². The second-order valence-corrected chi connectivity index (χ2v) is 15.0. The van der Waals surface area contributed by atoms with Crippen LogP contribution >= 0.6 is 0 Å². The smallest absolute Gasteiger partial charge is 0.226 e. The number of hydrogen-bond acceptors (Lipinski definition) is 1. The lowest BCUT2D eigenvalue weighted by molar-refractivity contribution is -0.734. The number of rotatable bonds is 10. The van der Waals surface area contributed by atoms with Crippen molar-refractivity contribution in [3.63, 3.8) is 0 Å². The summed E-state index contributed by atoms with van der Waals surface area (Å²) in [5.74, 6) is 1.00. The molecule has 2 aliphatic rings. The van der Waals surface area contributed by atoms with Crippen LogP contribution in [0.25, 0.3) is 44.7 Å². The van der Waals surface area contributed by atoms with Gasteiger partial charge in [-0.05, 0) is 59.5 Å². The predicted molar refractivity (Wildman–Crippen MR) is 206 cm³/mol. The van der Waals surface area contributed by atoms with E-state index in [0.29, 0.717) is 0 Å². The number of fused-ring (bicyclic) bond motifs is 8. The zero-order valence-electron chi connectivity index (χ0n) is 30.0. The van der Waals surface area contributed by atoms with E-state index in [-0.39, 0.29) is 5.54 Å². The first-order chi connectivity index (χ1) is 24.7. The summed E-state index contributed by atoms with van der Waals surface area (Å²) in [5, 5.41) is 1.31. The van der Waals surface area contributed by atoms with Crippen LogP contribution in [-0.4, -0.2) is 4.98 Å². The highest BCUT2D eigenvalue weighted by Crippen LogP contribution is 2.38. The summed E-state index contributed by atoms with van der Waals surface area (Å²) in [6.07, 6.45) is 15.6. The van der Waals surface area contributed by atoms with E-state index in [1.807, 2.05) is 0 Å². The van der Waals surface area contributed by atoms with Gasteiger partial charge in [0.25, 0.3) is 6.33 Å². The first kappa shape index (κ1) is 32.6. The Morgan fingerprint density at radius 1 is 0.720 bits per heavy atom. The Hall–Kier alpha value is -4.63. The van der Waals surface area contributed by atoms with Crippen molar-refractivity contribution in [2.24, 2.45) is 5.92 Å². The third-order valence-electron chi connectivity index (χ3n) is 11.6. The highest BCUT2D eigenvalue weighted by atomic mass is 15.1. The van der Waals surface area contributed by atoms with Crippen molar-refractivity contribution < 1.29 is 9.13 Å². The number of nitrogens with zero attached hydrogens (tertiary/aromatic N) is 3. The number of aryl methyl sites for hydroxylation is 1. The van der Waals surface area contributed by atoms with Crippen LogP contribution in [0.4, 0.5) is 0 Å². The van der Waals surface area contributed by atoms with Crippen molar-refractivity contribution in [1.29, 1.82) is 0 Å². The number of benzene rings is 4. The van der Waals surface area contributed by atoms with Crippen LogP contribution in [0.2, 0.25) is 0 Å². The molecule has 3 nitrogen and oxygen atoms in total. The van der Waals surface area contributed by atoms with Gasteiger partial charge < -0.3 is 0 Å². The van der Waals surface area contributed by atoms with Crippen molar-refractivity contribution in [3.05, 3.63) is 138 Å². The van der Waals surface area contributed by atoms with Crippen molar-refractivity contribution in [2.75, 3.05) is 0 Å². The third kappa shape index (κ3) is 6.51. The largest absolute Gasteiger partial charge is 0.287 e. The van der Waals surface area contributed by atoms with Crippen LogP contribution in [-0.2, 0) is 24.9 Å². The second-order valence-electron chi connectivity index (χ2n) is 15.0. The van der Waals surface area contributed by atoms with Gasteiger partial charge in [-0.1, -0.05) is 125 Å². The first-order valence-electron chi connectivity index (χ1n) is 19.3. The van der Waals surface area contributed by atoms with Gasteiger partial charge in [0.05, 0.1) is 5.56 Å². The monoisotopic (exact) mass is 657 g/mol. The zero-order valence-corrected chi connectivity index (χ0v) is 30.0. The predicted octanol–water partition coefficient (Wildman–Crippen LogP) is 10.8. The highest BCUT2D eigenvalue weighted by Gasteiger charge is 2.43. The molecule has 50 heavy (non-hydrogen) atoms. The van der Waals surface area contributed by atoms with Gasteiger partial charge >= 0.3 is 0 Å². The van der Waals surface area contributed by atoms with Crippen LogP contribution in [0.3, 0.4) is 0 Å². The number of pyridine rings is 1. The molecule has 0 radical (unpaired) electrons. The van der Waals surface area contributed by atoms with Gasteiger partial charge in [0.2, 0.25) is 11.2 Å². The van der Waals surface area contributed by atoms with E-state index in [4.69, 9.17) is 4.98 Å². The minimum Gasteiger partial charge on any atom is -0.226 e. The summed E-state index contributed by atoms with van der Waals surface area (Å²) in [6.45, 7) is 5.52. The first-order valence-corrected chi connectivity index (χ1v) is 19.3. The molecule has 6 aromatic rings. The van der Waals surface area contributed by atoms with E-state index in [1.54, 1.807) is 0 Å². The summed E-state index contributed by atoms with van der Waals surface area (Å²) in [6, 6.07) is 43.4. The van der Waals surface area contributed by atoms with Crippen LogP contribution in [0.5, 0.6) is 0 Å². The SMILES string of the molecule is CCCC[C@]1(CC)Cc2ccccc2-c2cc(-c3ccccc3)nc[n+]2Cc2ccc(CCCCC3CC3)cc2-c2ccc3ccccc3[n+]21. The average molecular weight is 658 g/mol. The molecule has 0 unspecified atom stereocenters. The number of aromatic nitrogens is 3. The maximum Gasteiger partial charge on any atom is 0.287 e. The molecule has 2 aromatic heterocycles. The van der Waals surface area contributed by atoms with E-state index < -0.39 is 0 Å². The fraction of sp³-hybridized carbons (Fsp3) is 0.340. The summed E-state index contributed by atoms with van der Waals surface area (Å²) >= 11 is 0. The van der Waals surface area contributed by atoms with Crippen LogP contribution in [0, 0.1) is 5.92 Å². The molecule has 1 aliphatic carbocycles. The van der Waals surface area contributed by atoms with Crippen LogP contribution in [0.1, 0.15) is 88.3 Å².